The van der Waals surface area contributed by atoms with Crippen LogP contribution >= 0.6 is 0 Å². The van der Waals surface area contributed by atoms with Crippen LogP contribution in [0.4, 0.5) is 0 Å². The third kappa shape index (κ3) is 4.60. The Morgan fingerprint density at radius 3 is 2.84 bits per heavy atom. The summed E-state index contributed by atoms with van der Waals surface area (Å²) in [5.74, 6) is 0.924. The van der Waals surface area contributed by atoms with Crippen molar-refractivity contribution in [2.75, 3.05) is 33.4 Å². The molecule has 0 aliphatic carbocycles. The van der Waals surface area contributed by atoms with E-state index in [9.17, 15) is 5.11 Å². The Hall–Kier alpha value is -1.89. The molecule has 1 aromatic carbocycles. The second-order valence-electron chi connectivity index (χ2n) is 6.67. The van der Waals surface area contributed by atoms with Gasteiger partial charge < -0.3 is 14.4 Å². The topological polar surface area (TPSA) is 62.0 Å². The first kappa shape index (κ1) is 17.9. The summed E-state index contributed by atoms with van der Waals surface area (Å²) in [6, 6.07) is 8.60. The van der Waals surface area contributed by atoms with E-state index in [1.807, 2.05) is 12.1 Å². The van der Waals surface area contributed by atoms with Crippen molar-refractivity contribution in [2.45, 2.75) is 32.5 Å². The van der Waals surface area contributed by atoms with Gasteiger partial charge in [-0.25, -0.2) is 0 Å². The van der Waals surface area contributed by atoms with Crippen LogP contribution in [-0.2, 0) is 13.1 Å². The zero-order chi connectivity index (χ0) is 17.6. The fourth-order valence-corrected chi connectivity index (χ4v) is 3.55. The van der Waals surface area contributed by atoms with Crippen molar-refractivity contribution in [1.82, 2.24) is 15.0 Å². The number of nitrogens with zero attached hydrogens (tertiary/aromatic N) is 3. The van der Waals surface area contributed by atoms with Crippen LogP contribution < -0.4 is 4.74 Å². The predicted molar refractivity (Wildman–Crippen MR) is 95.4 cm³/mol. The lowest BCUT2D eigenvalue weighted by Gasteiger charge is -2.41. The molecule has 0 saturated carbocycles. The lowest BCUT2D eigenvalue weighted by Crippen LogP contribution is -2.52. The molecule has 0 spiro atoms. The van der Waals surface area contributed by atoms with Gasteiger partial charge in [-0.15, -0.1) is 0 Å². The molecule has 0 bridgehead atoms. The van der Waals surface area contributed by atoms with Gasteiger partial charge in [0.15, 0.2) is 0 Å². The molecule has 2 heterocycles. The average Bonchev–Trinajstić information content (AvgIpc) is 3.11. The minimum atomic E-state index is 0.209. The minimum Gasteiger partial charge on any atom is -0.496 e. The number of hydrogen-bond donors (Lipinski definition) is 1. The molecular formula is C19H27N3O3. The average molecular weight is 345 g/mol. The number of aryl methyl sites for hydroxylation is 1. The SMILES string of the molecule is COc1ccc(CN2CCN(Cc3ccon3)CC2CCO)cc1C. The number of hydrogen-bond acceptors (Lipinski definition) is 6. The van der Waals surface area contributed by atoms with Crippen molar-refractivity contribution in [3.8, 4) is 5.75 Å². The molecule has 6 nitrogen and oxygen atoms in total. The first-order valence-electron chi connectivity index (χ1n) is 8.79. The Kier molecular flexibility index (Phi) is 6.07. The Bertz CT molecular complexity index is 660. The minimum absolute atomic E-state index is 0.209. The number of aromatic nitrogens is 1. The molecule has 1 aromatic heterocycles. The highest BCUT2D eigenvalue weighted by Gasteiger charge is 2.27. The zero-order valence-electron chi connectivity index (χ0n) is 15.0. The van der Waals surface area contributed by atoms with Crippen LogP contribution in [0.5, 0.6) is 5.75 Å². The van der Waals surface area contributed by atoms with Crippen LogP contribution in [0, 0.1) is 6.92 Å². The van der Waals surface area contributed by atoms with Crippen molar-refractivity contribution >= 4 is 0 Å². The number of aliphatic hydroxyl groups is 1. The highest BCUT2D eigenvalue weighted by atomic mass is 16.5. The lowest BCUT2D eigenvalue weighted by atomic mass is 10.1. The van der Waals surface area contributed by atoms with Crippen molar-refractivity contribution in [1.29, 1.82) is 0 Å². The number of benzene rings is 1. The Morgan fingerprint density at radius 2 is 2.16 bits per heavy atom. The van der Waals surface area contributed by atoms with E-state index in [0.29, 0.717) is 6.04 Å². The van der Waals surface area contributed by atoms with Gasteiger partial charge in [-0.05, 0) is 30.5 Å². The summed E-state index contributed by atoms with van der Waals surface area (Å²) in [7, 11) is 1.70. The molecule has 1 N–H and O–H groups in total. The van der Waals surface area contributed by atoms with E-state index >= 15 is 0 Å². The highest BCUT2D eigenvalue weighted by molar-refractivity contribution is 5.36. The van der Waals surface area contributed by atoms with Crippen LogP contribution in [0.15, 0.2) is 35.1 Å². The largest absolute Gasteiger partial charge is 0.496 e. The first-order chi connectivity index (χ1) is 12.2. The molecule has 1 fully saturated rings. The number of methoxy groups -OCH3 is 1. The number of rotatable bonds is 7. The Balaban J connectivity index is 1.63. The fourth-order valence-electron chi connectivity index (χ4n) is 3.55. The smallest absolute Gasteiger partial charge is 0.124 e. The molecule has 1 saturated heterocycles. The van der Waals surface area contributed by atoms with Crippen molar-refractivity contribution < 1.29 is 14.4 Å². The molecule has 136 valence electrons. The number of ether oxygens (including phenoxy) is 1. The summed E-state index contributed by atoms with van der Waals surface area (Å²) in [5.41, 5.74) is 3.40. The normalized spacial score (nSPS) is 19.2. The van der Waals surface area contributed by atoms with Crippen molar-refractivity contribution in [2.24, 2.45) is 0 Å². The van der Waals surface area contributed by atoms with Crippen LogP contribution in [-0.4, -0.2) is 59.5 Å². The molecule has 1 atom stereocenters. The van der Waals surface area contributed by atoms with Gasteiger partial charge in [-0.2, -0.15) is 0 Å². The highest BCUT2D eigenvalue weighted by Crippen LogP contribution is 2.22. The number of aliphatic hydroxyl groups excluding tert-OH is 1. The Morgan fingerprint density at radius 1 is 1.28 bits per heavy atom. The van der Waals surface area contributed by atoms with Gasteiger partial charge in [0, 0.05) is 51.4 Å². The van der Waals surface area contributed by atoms with E-state index in [0.717, 1.165) is 56.2 Å². The van der Waals surface area contributed by atoms with E-state index in [1.54, 1.807) is 13.4 Å². The molecule has 25 heavy (non-hydrogen) atoms. The maximum atomic E-state index is 9.47. The zero-order valence-corrected chi connectivity index (χ0v) is 15.0. The van der Waals surface area contributed by atoms with Crippen LogP contribution in [0.1, 0.15) is 23.2 Å². The third-order valence-electron chi connectivity index (χ3n) is 4.87. The molecule has 6 heteroatoms. The van der Waals surface area contributed by atoms with Gasteiger partial charge in [0.1, 0.15) is 12.0 Å². The first-order valence-corrected chi connectivity index (χ1v) is 8.79. The van der Waals surface area contributed by atoms with Crippen molar-refractivity contribution in [3.05, 3.63) is 47.3 Å². The summed E-state index contributed by atoms with van der Waals surface area (Å²) >= 11 is 0. The fraction of sp³-hybridized carbons (Fsp3) is 0.526. The summed E-state index contributed by atoms with van der Waals surface area (Å²) in [4.78, 5) is 4.85. The van der Waals surface area contributed by atoms with Gasteiger partial charge in [0.2, 0.25) is 0 Å². The molecule has 2 aromatic rings. The second-order valence-corrected chi connectivity index (χ2v) is 6.67. The molecule has 3 rings (SSSR count). The van der Waals surface area contributed by atoms with Crippen molar-refractivity contribution in [3.63, 3.8) is 0 Å². The van der Waals surface area contributed by atoms with Gasteiger partial charge in [-0.3, -0.25) is 9.80 Å². The maximum Gasteiger partial charge on any atom is 0.124 e. The summed E-state index contributed by atoms with van der Waals surface area (Å²) in [6.07, 6.45) is 2.40. The van der Waals surface area contributed by atoms with Gasteiger partial charge in [0.25, 0.3) is 0 Å². The Labute approximate surface area is 149 Å². The molecule has 0 radical (unpaired) electrons. The van der Waals surface area contributed by atoms with Crippen LogP contribution in [0.2, 0.25) is 0 Å². The summed E-state index contributed by atoms with van der Waals surface area (Å²) < 4.78 is 10.3. The predicted octanol–water partition coefficient (Wildman–Crippen LogP) is 2.06. The van der Waals surface area contributed by atoms with Gasteiger partial charge in [0.05, 0.1) is 12.8 Å². The maximum absolute atomic E-state index is 9.47. The van der Waals surface area contributed by atoms with E-state index in [-0.39, 0.29) is 6.61 Å². The van der Waals surface area contributed by atoms with E-state index in [4.69, 9.17) is 9.26 Å². The van der Waals surface area contributed by atoms with Crippen LogP contribution in [0.3, 0.4) is 0 Å². The molecule has 1 unspecified atom stereocenters. The monoisotopic (exact) mass is 345 g/mol. The van der Waals surface area contributed by atoms with E-state index < -0.39 is 0 Å². The van der Waals surface area contributed by atoms with E-state index in [1.165, 1.54) is 5.56 Å². The lowest BCUT2D eigenvalue weighted by molar-refractivity contribution is 0.0489. The van der Waals surface area contributed by atoms with E-state index in [2.05, 4.69) is 34.0 Å². The summed E-state index contributed by atoms with van der Waals surface area (Å²) in [6.45, 7) is 6.88. The number of piperazine rings is 1. The summed E-state index contributed by atoms with van der Waals surface area (Å²) in [5, 5.41) is 13.5. The van der Waals surface area contributed by atoms with Gasteiger partial charge in [-0.1, -0.05) is 17.3 Å². The van der Waals surface area contributed by atoms with Gasteiger partial charge >= 0.3 is 0 Å². The molecule has 1 aliphatic rings. The quantitative estimate of drug-likeness (QED) is 0.829. The third-order valence-corrected chi connectivity index (χ3v) is 4.87. The molecule has 0 amide bonds. The molecular weight excluding hydrogens is 318 g/mol. The van der Waals surface area contributed by atoms with Crippen LogP contribution in [0.25, 0.3) is 0 Å². The standard InChI is InChI=1S/C19H27N3O3/c1-15-11-16(3-4-19(15)24-2)12-22-8-7-21(14-18(22)5-9-23)13-17-6-10-25-20-17/h3-4,6,10-11,18,23H,5,7-9,12-14H2,1-2H3. The molecule has 1 aliphatic heterocycles. The second kappa shape index (κ2) is 8.47.